The number of amides is 2. The maximum absolute atomic E-state index is 12.5. The van der Waals surface area contributed by atoms with Gasteiger partial charge < -0.3 is 19.7 Å². The first-order valence-corrected chi connectivity index (χ1v) is 10.6. The van der Waals surface area contributed by atoms with Crippen molar-refractivity contribution in [2.45, 2.75) is 32.7 Å². The van der Waals surface area contributed by atoms with E-state index >= 15 is 0 Å². The van der Waals surface area contributed by atoms with Gasteiger partial charge in [0.15, 0.2) is 6.61 Å². The number of hydrogen-bond acceptors (Lipinski definition) is 6. The SMILES string of the molecule is CC1CCCN(C(=O)c2csc(CNC(=O)COc3ccc(OC(F)(F)F)cc3)n2)C1. The number of hydrogen-bond donors (Lipinski definition) is 1. The molecule has 2 heterocycles. The van der Waals surface area contributed by atoms with Gasteiger partial charge in [0.2, 0.25) is 0 Å². The highest BCUT2D eigenvalue weighted by atomic mass is 32.1. The van der Waals surface area contributed by atoms with Gasteiger partial charge >= 0.3 is 6.36 Å². The van der Waals surface area contributed by atoms with Gasteiger partial charge in [0.25, 0.3) is 11.8 Å². The fourth-order valence-corrected chi connectivity index (χ4v) is 3.85. The van der Waals surface area contributed by atoms with E-state index in [4.69, 9.17) is 4.74 Å². The second kappa shape index (κ2) is 9.99. The van der Waals surface area contributed by atoms with Crippen molar-refractivity contribution < 1.29 is 32.2 Å². The summed E-state index contributed by atoms with van der Waals surface area (Å²) in [4.78, 5) is 30.6. The Bertz CT molecular complexity index is 902. The molecule has 1 aromatic heterocycles. The number of nitrogens with zero attached hydrogens (tertiary/aromatic N) is 2. The largest absolute Gasteiger partial charge is 0.573 e. The van der Waals surface area contributed by atoms with Crippen molar-refractivity contribution in [2.24, 2.45) is 5.92 Å². The first kappa shape index (κ1) is 22.9. The van der Waals surface area contributed by atoms with Gasteiger partial charge in [0, 0.05) is 18.5 Å². The van der Waals surface area contributed by atoms with Crippen molar-refractivity contribution in [2.75, 3.05) is 19.7 Å². The van der Waals surface area contributed by atoms with Gasteiger partial charge in [0.05, 0.1) is 6.54 Å². The highest BCUT2D eigenvalue weighted by Gasteiger charge is 2.31. The lowest BCUT2D eigenvalue weighted by molar-refractivity contribution is -0.274. The zero-order chi connectivity index (χ0) is 22.4. The van der Waals surface area contributed by atoms with Gasteiger partial charge in [-0.15, -0.1) is 24.5 Å². The molecule has 0 saturated carbocycles. The molecule has 0 spiro atoms. The molecule has 7 nitrogen and oxygen atoms in total. The molecule has 11 heteroatoms. The molecular weight excluding hydrogens is 435 g/mol. The van der Waals surface area contributed by atoms with E-state index in [2.05, 4.69) is 22.0 Å². The summed E-state index contributed by atoms with van der Waals surface area (Å²) >= 11 is 1.29. The van der Waals surface area contributed by atoms with E-state index in [0.717, 1.165) is 38.1 Å². The first-order chi connectivity index (χ1) is 14.7. The monoisotopic (exact) mass is 457 g/mol. The molecule has 1 N–H and O–H groups in total. The van der Waals surface area contributed by atoms with Gasteiger partial charge in [-0.25, -0.2) is 4.98 Å². The van der Waals surface area contributed by atoms with E-state index in [1.54, 1.807) is 5.38 Å². The standard InChI is InChI=1S/C20H22F3N3O4S/c1-13-3-2-8-26(10-13)19(28)16-12-31-18(25-16)9-24-17(27)11-29-14-4-6-15(7-5-14)30-20(21,22)23/h4-7,12-13H,2-3,8-11H2,1H3,(H,24,27). The van der Waals surface area contributed by atoms with E-state index in [9.17, 15) is 22.8 Å². The number of piperidine rings is 1. The summed E-state index contributed by atoms with van der Waals surface area (Å²) < 4.78 is 45.4. The number of thiazole rings is 1. The third-order valence-electron chi connectivity index (χ3n) is 4.58. The molecule has 1 aliphatic heterocycles. The quantitative estimate of drug-likeness (QED) is 0.687. The van der Waals surface area contributed by atoms with E-state index in [1.165, 1.54) is 23.5 Å². The van der Waals surface area contributed by atoms with Crippen LogP contribution in [0.4, 0.5) is 13.2 Å². The summed E-state index contributed by atoms with van der Waals surface area (Å²) in [6.07, 6.45) is -2.67. The summed E-state index contributed by atoms with van der Waals surface area (Å²) in [7, 11) is 0. The fraction of sp³-hybridized carbons (Fsp3) is 0.450. The highest BCUT2D eigenvalue weighted by Crippen LogP contribution is 2.24. The number of alkyl halides is 3. The van der Waals surface area contributed by atoms with Crippen LogP contribution in [0.3, 0.4) is 0 Å². The van der Waals surface area contributed by atoms with Crippen LogP contribution in [0.15, 0.2) is 29.6 Å². The number of rotatable bonds is 7. The minimum Gasteiger partial charge on any atom is -0.484 e. The first-order valence-electron chi connectivity index (χ1n) is 9.68. The van der Waals surface area contributed by atoms with E-state index in [-0.39, 0.29) is 30.6 Å². The summed E-state index contributed by atoms with van der Waals surface area (Å²) in [6, 6.07) is 4.74. The van der Waals surface area contributed by atoms with Gasteiger partial charge in [-0.05, 0) is 43.0 Å². The fourth-order valence-electron chi connectivity index (χ4n) is 3.14. The molecular formula is C20H22F3N3O4S. The Hall–Kier alpha value is -2.82. The second-order valence-corrected chi connectivity index (χ2v) is 8.15. The third-order valence-corrected chi connectivity index (χ3v) is 5.43. The Kier molecular flexibility index (Phi) is 7.37. The maximum Gasteiger partial charge on any atom is 0.573 e. The lowest BCUT2D eigenvalue weighted by Gasteiger charge is -2.30. The van der Waals surface area contributed by atoms with E-state index in [1.807, 2.05) is 4.90 Å². The summed E-state index contributed by atoms with van der Waals surface area (Å²) in [5.41, 5.74) is 0.376. The van der Waals surface area contributed by atoms with E-state index < -0.39 is 12.3 Å². The van der Waals surface area contributed by atoms with Gasteiger partial charge in [-0.1, -0.05) is 6.92 Å². The van der Waals surface area contributed by atoms with Crippen LogP contribution in [0, 0.1) is 5.92 Å². The van der Waals surface area contributed by atoms with E-state index in [0.29, 0.717) is 16.6 Å². The minimum absolute atomic E-state index is 0.0957. The average Bonchev–Trinajstić information content (AvgIpc) is 3.19. The number of carbonyl (C=O) groups is 2. The average molecular weight is 457 g/mol. The molecule has 1 aliphatic rings. The van der Waals surface area contributed by atoms with Crippen LogP contribution < -0.4 is 14.8 Å². The molecule has 2 amide bonds. The van der Waals surface area contributed by atoms with Gasteiger partial charge in [-0.3, -0.25) is 9.59 Å². The molecule has 1 atom stereocenters. The molecule has 0 bridgehead atoms. The number of ether oxygens (including phenoxy) is 2. The molecule has 1 unspecified atom stereocenters. The predicted molar refractivity (Wildman–Crippen MR) is 107 cm³/mol. The van der Waals surface area contributed by atoms with Crippen molar-refractivity contribution in [1.82, 2.24) is 15.2 Å². The van der Waals surface area contributed by atoms with Crippen LogP contribution in [0.5, 0.6) is 11.5 Å². The normalized spacial score (nSPS) is 16.6. The molecule has 0 aliphatic carbocycles. The molecule has 3 rings (SSSR count). The second-order valence-electron chi connectivity index (χ2n) is 7.21. The van der Waals surface area contributed by atoms with Crippen LogP contribution in [0.2, 0.25) is 0 Å². The molecule has 31 heavy (non-hydrogen) atoms. The number of carbonyl (C=O) groups excluding carboxylic acids is 2. The maximum atomic E-state index is 12.5. The predicted octanol–water partition coefficient (Wildman–Crippen LogP) is 3.61. The Balaban J connectivity index is 1.42. The molecule has 0 radical (unpaired) electrons. The van der Waals surface area contributed by atoms with Crippen molar-refractivity contribution >= 4 is 23.2 Å². The van der Waals surface area contributed by atoms with Crippen molar-refractivity contribution in [3.05, 3.63) is 40.3 Å². The van der Waals surface area contributed by atoms with Crippen LogP contribution >= 0.6 is 11.3 Å². The molecule has 168 valence electrons. The van der Waals surface area contributed by atoms with Crippen LogP contribution in [0.25, 0.3) is 0 Å². The van der Waals surface area contributed by atoms with Crippen molar-refractivity contribution in [3.8, 4) is 11.5 Å². The number of nitrogens with one attached hydrogen (secondary N) is 1. The molecule has 1 fully saturated rings. The lowest BCUT2D eigenvalue weighted by atomic mass is 10.0. The Morgan fingerprint density at radius 2 is 1.97 bits per heavy atom. The Morgan fingerprint density at radius 3 is 2.65 bits per heavy atom. The summed E-state index contributed by atoms with van der Waals surface area (Å²) in [6.45, 7) is 3.40. The Labute approximate surface area is 181 Å². The molecule has 2 aromatic rings. The van der Waals surface area contributed by atoms with Gasteiger partial charge in [-0.2, -0.15) is 0 Å². The van der Waals surface area contributed by atoms with Gasteiger partial charge in [0.1, 0.15) is 22.2 Å². The zero-order valence-corrected chi connectivity index (χ0v) is 17.6. The summed E-state index contributed by atoms with van der Waals surface area (Å²) in [5, 5.41) is 4.91. The van der Waals surface area contributed by atoms with Crippen LogP contribution in [0.1, 0.15) is 35.3 Å². The number of aromatic nitrogens is 1. The van der Waals surface area contributed by atoms with Crippen molar-refractivity contribution in [1.29, 1.82) is 0 Å². The lowest BCUT2D eigenvalue weighted by Crippen LogP contribution is -2.39. The summed E-state index contributed by atoms with van der Waals surface area (Å²) in [5.74, 6) is -0.200. The number of halogens is 3. The molecule has 1 aromatic carbocycles. The third kappa shape index (κ3) is 7.12. The van der Waals surface area contributed by atoms with Crippen LogP contribution in [-0.4, -0.2) is 47.8 Å². The minimum atomic E-state index is -4.77. The molecule has 1 saturated heterocycles. The van der Waals surface area contributed by atoms with Crippen LogP contribution in [-0.2, 0) is 11.3 Å². The number of likely N-dealkylation sites (tertiary alicyclic amines) is 1. The number of benzene rings is 1. The van der Waals surface area contributed by atoms with Crippen molar-refractivity contribution in [3.63, 3.8) is 0 Å². The topological polar surface area (TPSA) is 80.8 Å². The smallest absolute Gasteiger partial charge is 0.484 e. The zero-order valence-electron chi connectivity index (χ0n) is 16.8. The Morgan fingerprint density at radius 1 is 1.26 bits per heavy atom. The highest BCUT2D eigenvalue weighted by molar-refractivity contribution is 7.09.